The second kappa shape index (κ2) is 4.35. The van der Waals surface area contributed by atoms with Crippen LogP contribution in [0.4, 0.5) is 0 Å². The lowest BCUT2D eigenvalue weighted by atomic mass is 10.1. The summed E-state index contributed by atoms with van der Waals surface area (Å²) in [5.74, 6) is -0.666. The second-order valence-electron chi connectivity index (χ2n) is 3.57. The van der Waals surface area contributed by atoms with Crippen LogP contribution in [0, 0.1) is 0 Å². The third-order valence-electron chi connectivity index (χ3n) is 2.45. The summed E-state index contributed by atoms with van der Waals surface area (Å²) in [7, 11) is 0. The second-order valence-corrected chi connectivity index (χ2v) is 4.22. The molecule has 5 heteroatoms. The van der Waals surface area contributed by atoms with Gasteiger partial charge in [0.1, 0.15) is 0 Å². The topological polar surface area (TPSA) is 57.6 Å². The molecule has 2 amide bonds. The number of rotatable bonds is 3. The molecular formula is C11H10BrNO3. The molecule has 1 unspecified atom stereocenters. The van der Waals surface area contributed by atoms with E-state index in [1.54, 1.807) is 24.3 Å². The summed E-state index contributed by atoms with van der Waals surface area (Å²) >= 11 is 3.10. The largest absolute Gasteiger partial charge is 0.390 e. The molecule has 1 aliphatic rings. The van der Waals surface area contributed by atoms with E-state index >= 15 is 0 Å². The minimum Gasteiger partial charge on any atom is -0.390 e. The van der Waals surface area contributed by atoms with Gasteiger partial charge in [-0.2, -0.15) is 0 Å². The van der Waals surface area contributed by atoms with Gasteiger partial charge < -0.3 is 5.11 Å². The molecule has 0 fully saturated rings. The molecule has 1 N–H and O–H groups in total. The van der Waals surface area contributed by atoms with Crippen molar-refractivity contribution in [2.45, 2.75) is 6.10 Å². The van der Waals surface area contributed by atoms with Crippen molar-refractivity contribution >= 4 is 27.7 Å². The van der Waals surface area contributed by atoms with Gasteiger partial charge in [0, 0.05) is 5.33 Å². The van der Waals surface area contributed by atoms with Crippen LogP contribution in [0.2, 0.25) is 0 Å². The molecule has 0 saturated carbocycles. The molecule has 0 radical (unpaired) electrons. The molecule has 1 atom stereocenters. The summed E-state index contributed by atoms with van der Waals surface area (Å²) in [6, 6.07) is 6.68. The van der Waals surface area contributed by atoms with Gasteiger partial charge in [-0.15, -0.1) is 0 Å². The fourth-order valence-electron chi connectivity index (χ4n) is 1.66. The molecule has 84 valence electrons. The lowest BCUT2D eigenvalue weighted by Crippen LogP contribution is -2.37. The number of alkyl halides is 1. The van der Waals surface area contributed by atoms with Gasteiger partial charge in [0.15, 0.2) is 0 Å². The molecule has 1 aliphatic heterocycles. The van der Waals surface area contributed by atoms with E-state index in [-0.39, 0.29) is 18.4 Å². The molecule has 0 saturated heterocycles. The highest BCUT2D eigenvalue weighted by Gasteiger charge is 2.35. The van der Waals surface area contributed by atoms with Crippen LogP contribution >= 0.6 is 15.9 Å². The van der Waals surface area contributed by atoms with Crippen molar-refractivity contribution in [3.05, 3.63) is 35.4 Å². The minimum atomic E-state index is -0.734. The predicted molar refractivity (Wildman–Crippen MR) is 61.6 cm³/mol. The molecular weight excluding hydrogens is 274 g/mol. The first-order chi connectivity index (χ1) is 7.65. The van der Waals surface area contributed by atoms with Gasteiger partial charge in [-0.3, -0.25) is 14.5 Å². The number of imide groups is 1. The minimum absolute atomic E-state index is 0.0254. The van der Waals surface area contributed by atoms with Gasteiger partial charge in [-0.1, -0.05) is 28.1 Å². The van der Waals surface area contributed by atoms with Crippen molar-refractivity contribution in [3.8, 4) is 0 Å². The van der Waals surface area contributed by atoms with Crippen LogP contribution in [-0.4, -0.2) is 39.8 Å². The molecule has 16 heavy (non-hydrogen) atoms. The van der Waals surface area contributed by atoms with Crippen molar-refractivity contribution in [1.82, 2.24) is 4.90 Å². The standard InChI is InChI=1S/C11H10BrNO3/c12-5-7(14)6-13-10(15)8-3-1-2-4-9(8)11(13)16/h1-4,7,14H,5-6H2. The van der Waals surface area contributed by atoms with E-state index in [4.69, 9.17) is 0 Å². The molecule has 0 spiro atoms. The Morgan fingerprint density at radius 3 is 2.12 bits per heavy atom. The Kier molecular flexibility index (Phi) is 3.07. The zero-order valence-electron chi connectivity index (χ0n) is 8.39. The summed E-state index contributed by atoms with van der Waals surface area (Å²) < 4.78 is 0. The number of nitrogens with zero attached hydrogens (tertiary/aromatic N) is 1. The number of carbonyl (C=O) groups is 2. The number of hydrogen-bond acceptors (Lipinski definition) is 3. The Morgan fingerprint density at radius 2 is 1.69 bits per heavy atom. The van der Waals surface area contributed by atoms with Gasteiger partial charge in [-0.25, -0.2) is 0 Å². The quantitative estimate of drug-likeness (QED) is 0.666. The number of carbonyl (C=O) groups excluding carboxylic acids is 2. The molecule has 1 aromatic rings. The molecule has 0 aliphatic carbocycles. The van der Waals surface area contributed by atoms with Crippen LogP contribution in [0.25, 0.3) is 0 Å². The van der Waals surface area contributed by atoms with Crippen LogP contribution in [-0.2, 0) is 0 Å². The molecule has 0 bridgehead atoms. The molecule has 4 nitrogen and oxygen atoms in total. The van der Waals surface area contributed by atoms with Crippen molar-refractivity contribution in [2.24, 2.45) is 0 Å². The van der Waals surface area contributed by atoms with Gasteiger partial charge >= 0.3 is 0 Å². The SMILES string of the molecule is O=C1c2ccccc2C(=O)N1CC(O)CBr. The van der Waals surface area contributed by atoms with Crippen LogP contribution in [0.3, 0.4) is 0 Å². The Balaban J connectivity index is 2.28. The fraction of sp³-hybridized carbons (Fsp3) is 0.273. The first kappa shape index (κ1) is 11.3. The summed E-state index contributed by atoms with van der Waals surface area (Å²) in [5.41, 5.74) is 0.823. The monoisotopic (exact) mass is 283 g/mol. The van der Waals surface area contributed by atoms with Crippen LogP contribution in [0.1, 0.15) is 20.7 Å². The number of benzene rings is 1. The van der Waals surface area contributed by atoms with Gasteiger partial charge in [0.25, 0.3) is 11.8 Å². The van der Waals surface area contributed by atoms with Crippen molar-refractivity contribution in [2.75, 3.05) is 11.9 Å². The Bertz CT molecular complexity index is 412. The summed E-state index contributed by atoms with van der Waals surface area (Å²) in [6.45, 7) is 0.0254. The molecule has 1 aromatic carbocycles. The van der Waals surface area contributed by atoms with E-state index < -0.39 is 6.10 Å². The number of β-amino-alcohol motifs (C(OH)–C–C–N with tert-alkyl or cyclic N) is 1. The first-order valence-electron chi connectivity index (χ1n) is 4.84. The Hall–Kier alpha value is -1.20. The predicted octanol–water partition coefficient (Wildman–Crippen LogP) is 1.04. The maximum absolute atomic E-state index is 11.8. The zero-order valence-corrected chi connectivity index (χ0v) is 9.98. The van der Waals surface area contributed by atoms with Crippen LogP contribution < -0.4 is 0 Å². The van der Waals surface area contributed by atoms with Crippen molar-refractivity contribution < 1.29 is 14.7 Å². The van der Waals surface area contributed by atoms with Crippen LogP contribution in [0.5, 0.6) is 0 Å². The number of aliphatic hydroxyl groups is 1. The highest BCUT2D eigenvalue weighted by atomic mass is 79.9. The summed E-state index contributed by atoms with van der Waals surface area (Å²) in [5, 5.41) is 9.77. The normalized spacial score (nSPS) is 16.5. The number of hydrogen-bond donors (Lipinski definition) is 1. The number of halogens is 1. The summed E-state index contributed by atoms with van der Waals surface area (Å²) in [6.07, 6.45) is -0.734. The van der Waals surface area contributed by atoms with E-state index in [0.29, 0.717) is 16.5 Å². The first-order valence-corrected chi connectivity index (χ1v) is 5.96. The Labute approximate surface area is 101 Å². The number of aliphatic hydroxyl groups excluding tert-OH is 1. The summed E-state index contributed by atoms with van der Waals surface area (Å²) in [4.78, 5) is 24.8. The van der Waals surface area contributed by atoms with E-state index in [0.717, 1.165) is 4.90 Å². The third-order valence-corrected chi connectivity index (χ3v) is 3.20. The number of amides is 2. The van der Waals surface area contributed by atoms with E-state index in [9.17, 15) is 14.7 Å². The van der Waals surface area contributed by atoms with Crippen LogP contribution in [0.15, 0.2) is 24.3 Å². The average molecular weight is 284 g/mol. The maximum atomic E-state index is 11.8. The lowest BCUT2D eigenvalue weighted by Gasteiger charge is -2.16. The van der Waals surface area contributed by atoms with E-state index in [1.165, 1.54) is 0 Å². The Morgan fingerprint density at radius 1 is 1.19 bits per heavy atom. The maximum Gasteiger partial charge on any atom is 0.261 e. The molecule has 1 heterocycles. The van der Waals surface area contributed by atoms with Crippen molar-refractivity contribution in [1.29, 1.82) is 0 Å². The van der Waals surface area contributed by atoms with Gasteiger partial charge in [-0.05, 0) is 12.1 Å². The van der Waals surface area contributed by atoms with Gasteiger partial charge in [0.05, 0.1) is 23.8 Å². The zero-order chi connectivity index (χ0) is 11.7. The smallest absolute Gasteiger partial charge is 0.261 e. The fourth-order valence-corrected chi connectivity index (χ4v) is 1.87. The molecule has 0 aromatic heterocycles. The number of fused-ring (bicyclic) bond motifs is 1. The van der Waals surface area contributed by atoms with E-state index in [2.05, 4.69) is 15.9 Å². The molecule has 2 rings (SSSR count). The lowest BCUT2D eigenvalue weighted by molar-refractivity contribution is 0.0568. The van der Waals surface area contributed by atoms with E-state index in [1.807, 2.05) is 0 Å². The highest BCUT2D eigenvalue weighted by molar-refractivity contribution is 9.09. The average Bonchev–Trinajstić information content (AvgIpc) is 2.55. The van der Waals surface area contributed by atoms with Crippen molar-refractivity contribution in [3.63, 3.8) is 0 Å². The van der Waals surface area contributed by atoms with Gasteiger partial charge in [0.2, 0.25) is 0 Å². The third kappa shape index (κ3) is 1.76. The highest BCUT2D eigenvalue weighted by Crippen LogP contribution is 2.22.